The number of hydrogen-bond acceptors (Lipinski definition) is 4. The van der Waals surface area contributed by atoms with Crippen LogP contribution in [0.2, 0.25) is 0 Å². The molecule has 0 aliphatic carbocycles. The summed E-state index contributed by atoms with van der Waals surface area (Å²) in [7, 11) is 0. The molecule has 3 aromatic rings. The SMILES string of the molecule is Cc1nc2ccc(-c3n[nH]c(CCN)c3C)cc2o1. The van der Waals surface area contributed by atoms with Crippen LogP contribution in [-0.2, 0) is 6.42 Å². The van der Waals surface area contributed by atoms with Crippen LogP contribution in [0.25, 0.3) is 22.4 Å². The molecule has 3 N–H and O–H groups in total. The lowest BCUT2D eigenvalue weighted by atomic mass is 10.1. The molecule has 2 aromatic heterocycles. The fourth-order valence-electron chi connectivity index (χ4n) is 2.29. The Morgan fingerprint density at radius 1 is 1.32 bits per heavy atom. The van der Waals surface area contributed by atoms with Crippen molar-refractivity contribution in [1.29, 1.82) is 0 Å². The maximum Gasteiger partial charge on any atom is 0.192 e. The average Bonchev–Trinajstić information content (AvgIpc) is 2.92. The lowest BCUT2D eigenvalue weighted by molar-refractivity contribution is 0.561. The Morgan fingerprint density at radius 3 is 2.95 bits per heavy atom. The van der Waals surface area contributed by atoms with E-state index in [-0.39, 0.29) is 0 Å². The quantitative estimate of drug-likeness (QED) is 0.753. The first-order valence-corrected chi connectivity index (χ1v) is 6.30. The normalized spacial score (nSPS) is 11.3. The molecule has 5 nitrogen and oxygen atoms in total. The molecule has 3 rings (SSSR count). The number of oxazole rings is 1. The molecular formula is C14H16N4O. The molecule has 0 spiro atoms. The van der Waals surface area contributed by atoms with Gasteiger partial charge in [-0.25, -0.2) is 4.98 Å². The first kappa shape index (κ1) is 11.9. The Morgan fingerprint density at radius 2 is 2.16 bits per heavy atom. The molecule has 0 saturated carbocycles. The van der Waals surface area contributed by atoms with Crippen LogP contribution in [0.15, 0.2) is 22.6 Å². The van der Waals surface area contributed by atoms with Crippen molar-refractivity contribution in [1.82, 2.24) is 15.2 Å². The second kappa shape index (κ2) is 4.51. The lowest BCUT2D eigenvalue weighted by Crippen LogP contribution is -2.03. The van der Waals surface area contributed by atoms with Gasteiger partial charge >= 0.3 is 0 Å². The van der Waals surface area contributed by atoms with Crippen LogP contribution in [0.5, 0.6) is 0 Å². The fraction of sp³-hybridized carbons (Fsp3) is 0.286. The van der Waals surface area contributed by atoms with Gasteiger partial charge in [0, 0.05) is 24.6 Å². The molecule has 0 amide bonds. The third-order valence-corrected chi connectivity index (χ3v) is 3.27. The van der Waals surface area contributed by atoms with E-state index < -0.39 is 0 Å². The summed E-state index contributed by atoms with van der Waals surface area (Å²) in [5.41, 5.74) is 11.4. The van der Waals surface area contributed by atoms with E-state index in [2.05, 4.69) is 22.1 Å². The zero-order valence-electron chi connectivity index (χ0n) is 11.0. The van der Waals surface area contributed by atoms with Crippen LogP contribution >= 0.6 is 0 Å². The predicted molar refractivity (Wildman–Crippen MR) is 73.8 cm³/mol. The molecule has 98 valence electrons. The summed E-state index contributed by atoms with van der Waals surface area (Å²) in [4.78, 5) is 4.29. The molecule has 0 aliphatic rings. The molecule has 0 unspecified atom stereocenters. The van der Waals surface area contributed by atoms with Crippen LogP contribution in [0.3, 0.4) is 0 Å². The van der Waals surface area contributed by atoms with Gasteiger partial charge in [0.2, 0.25) is 0 Å². The van der Waals surface area contributed by atoms with E-state index in [4.69, 9.17) is 10.2 Å². The molecule has 0 atom stereocenters. The average molecular weight is 256 g/mol. The molecule has 1 aromatic carbocycles. The summed E-state index contributed by atoms with van der Waals surface area (Å²) in [6.07, 6.45) is 0.808. The third-order valence-electron chi connectivity index (χ3n) is 3.27. The highest BCUT2D eigenvalue weighted by molar-refractivity contribution is 5.80. The maximum atomic E-state index is 5.58. The number of H-pyrrole nitrogens is 1. The molecule has 5 heteroatoms. The van der Waals surface area contributed by atoms with Crippen molar-refractivity contribution >= 4 is 11.1 Å². The van der Waals surface area contributed by atoms with Crippen LogP contribution in [0.4, 0.5) is 0 Å². The second-order valence-corrected chi connectivity index (χ2v) is 4.63. The summed E-state index contributed by atoms with van der Waals surface area (Å²) in [6.45, 7) is 4.52. The molecule has 19 heavy (non-hydrogen) atoms. The summed E-state index contributed by atoms with van der Waals surface area (Å²) in [5.74, 6) is 0.676. The van der Waals surface area contributed by atoms with Gasteiger partial charge in [0.1, 0.15) is 5.52 Å². The largest absolute Gasteiger partial charge is 0.441 e. The lowest BCUT2D eigenvalue weighted by Gasteiger charge is -1.99. The number of fused-ring (bicyclic) bond motifs is 1. The number of aromatic amines is 1. The second-order valence-electron chi connectivity index (χ2n) is 4.63. The molecule has 0 aliphatic heterocycles. The Kier molecular flexibility index (Phi) is 2.83. The molecule has 0 fully saturated rings. The number of hydrogen-bond donors (Lipinski definition) is 2. The molecule has 0 saturated heterocycles. The van der Waals surface area contributed by atoms with E-state index in [1.54, 1.807) is 0 Å². The number of rotatable bonds is 3. The number of benzene rings is 1. The summed E-state index contributed by atoms with van der Waals surface area (Å²) in [6, 6.07) is 5.95. The van der Waals surface area contributed by atoms with Gasteiger partial charge in [0.15, 0.2) is 11.5 Å². The van der Waals surface area contributed by atoms with Gasteiger partial charge in [0.05, 0.1) is 5.69 Å². The first-order chi connectivity index (χ1) is 9.19. The van der Waals surface area contributed by atoms with Gasteiger partial charge in [-0.15, -0.1) is 0 Å². The highest BCUT2D eigenvalue weighted by Crippen LogP contribution is 2.27. The summed E-state index contributed by atoms with van der Waals surface area (Å²) < 4.78 is 5.56. The van der Waals surface area contributed by atoms with E-state index >= 15 is 0 Å². The van der Waals surface area contributed by atoms with Crippen molar-refractivity contribution in [3.05, 3.63) is 35.3 Å². The molecule has 0 radical (unpaired) electrons. The van der Waals surface area contributed by atoms with Crippen LogP contribution < -0.4 is 5.73 Å². The van der Waals surface area contributed by atoms with Crippen molar-refractivity contribution in [3.63, 3.8) is 0 Å². The third kappa shape index (κ3) is 2.02. The van der Waals surface area contributed by atoms with Crippen molar-refractivity contribution in [2.45, 2.75) is 20.3 Å². The summed E-state index contributed by atoms with van der Waals surface area (Å²) >= 11 is 0. The zero-order chi connectivity index (χ0) is 13.4. The standard InChI is InChI=1S/C14H16N4O/c1-8-11(5-6-15)17-18-14(8)10-3-4-12-13(7-10)19-9(2)16-12/h3-4,7H,5-6,15H2,1-2H3,(H,17,18). The van der Waals surface area contributed by atoms with Gasteiger partial charge in [-0.3, -0.25) is 5.10 Å². The number of nitrogens with one attached hydrogen (secondary N) is 1. The van der Waals surface area contributed by atoms with Crippen LogP contribution in [0, 0.1) is 13.8 Å². The van der Waals surface area contributed by atoms with Gasteiger partial charge in [-0.05, 0) is 31.2 Å². The van der Waals surface area contributed by atoms with E-state index in [1.807, 2.05) is 25.1 Å². The van der Waals surface area contributed by atoms with Crippen molar-refractivity contribution in [3.8, 4) is 11.3 Å². The van der Waals surface area contributed by atoms with Crippen molar-refractivity contribution < 1.29 is 4.42 Å². The highest BCUT2D eigenvalue weighted by Gasteiger charge is 2.12. The smallest absolute Gasteiger partial charge is 0.192 e. The van der Waals surface area contributed by atoms with Crippen molar-refractivity contribution in [2.75, 3.05) is 6.54 Å². The van der Waals surface area contributed by atoms with Crippen molar-refractivity contribution in [2.24, 2.45) is 5.73 Å². The minimum absolute atomic E-state index is 0.614. The molecule has 0 bridgehead atoms. The Labute approximate surface area is 110 Å². The molecule has 2 heterocycles. The van der Waals surface area contributed by atoms with Gasteiger partial charge < -0.3 is 10.2 Å². The topological polar surface area (TPSA) is 80.7 Å². The maximum absolute atomic E-state index is 5.58. The summed E-state index contributed by atoms with van der Waals surface area (Å²) in [5, 5.41) is 7.43. The van der Waals surface area contributed by atoms with Gasteiger partial charge in [-0.1, -0.05) is 6.07 Å². The van der Waals surface area contributed by atoms with E-state index in [9.17, 15) is 0 Å². The van der Waals surface area contributed by atoms with E-state index in [0.717, 1.165) is 40.0 Å². The van der Waals surface area contributed by atoms with Crippen LogP contribution in [-0.4, -0.2) is 21.7 Å². The van der Waals surface area contributed by atoms with E-state index in [1.165, 1.54) is 0 Å². The minimum atomic E-state index is 0.614. The number of nitrogens with zero attached hydrogens (tertiary/aromatic N) is 2. The monoisotopic (exact) mass is 256 g/mol. The Balaban J connectivity index is 2.08. The van der Waals surface area contributed by atoms with Gasteiger partial charge in [0.25, 0.3) is 0 Å². The van der Waals surface area contributed by atoms with E-state index in [0.29, 0.717) is 12.4 Å². The van der Waals surface area contributed by atoms with Gasteiger partial charge in [-0.2, -0.15) is 5.10 Å². The molecular weight excluding hydrogens is 240 g/mol. The minimum Gasteiger partial charge on any atom is -0.441 e. The number of aryl methyl sites for hydroxylation is 1. The predicted octanol–water partition coefficient (Wildman–Crippen LogP) is 2.34. The highest BCUT2D eigenvalue weighted by atomic mass is 16.3. The first-order valence-electron chi connectivity index (χ1n) is 6.30. The van der Waals surface area contributed by atoms with Crippen LogP contribution in [0.1, 0.15) is 17.1 Å². The Bertz CT molecular complexity index is 726. The number of nitrogens with two attached hydrogens (primary N) is 1. The number of aromatic nitrogens is 3. The Hall–Kier alpha value is -2.14. The fourth-order valence-corrected chi connectivity index (χ4v) is 2.29. The zero-order valence-corrected chi connectivity index (χ0v) is 11.0.